The van der Waals surface area contributed by atoms with E-state index >= 15 is 0 Å². The molecule has 0 saturated heterocycles. The van der Waals surface area contributed by atoms with Crippen LogP contribution >= 0.6 is 0 Å². The minimum atomic E-state index is 0. The summed E-state index contributed by atoms with van der Waals surface area (Å²) >= 11 is 0. The minimum absolute atomic E-state index is 0. The molecule has 1 aliphatic rings. The fraction of sp³-hybridized carbons (Fsp3) is 0.250. The van der Waals surface area contributed by atoms with E-state index in [1.54, 1.807) is 0 Å². The van der Waals surface area contributed by atoms with Crippen molar-refractivity contribution in [1.82, 2.24) is 0 Å². The first-order valence-corrected chi connectivity index (χ1v) is 3.28. The number of fused-ring (bicyclic) bond motifs is 1. The number of anilines is 1. The van der Waals surface area contributed by atoms with Crippen LogP contribution in [0.1, 0.15) is 5.56 Å². The van der Waals surface area contributed by atoms with Gasteiger partial charge >= 0.3 is 29.6 Å². The molecule has 3 heteroatoms. The van der Waals surface area contributed by atoms with Crippen molar-refractivity contribution >= 4 is 5.69 Å². The van der Waals surface area contributed by atoms with Gasteiger partial charge in [0.05, 0.1) is 0 Å². The van der Waals surface area contributed by atoms with Gasteiger partial charge in [0.25, 0.3) is 0 Å². The maximum Gasteiger partial charge on any atom is 1.00 e. The van der Waals surface area contributed by atoms with Gasteiger partial charge in [0.15, 0.2) is 0 Å². The Bertz CT molecular complexity index is 204. The Balaban J connectivity index is 0.000000500. The molecule has 0 aliphatic carbocycles. The van der Waals surface area contributed by atoms with Crippen LogP contribution in [0.5, 0.6) is 0 Å². The standard InChI is InChI=1S/C8H9N.Na.H2O/c1-2-4-8-7(3-1)5-6-9-8;;/h1-4,9H,5-6H2;;1H2/q;+1;/p-1. The Kier molecular flexibility index (Phi) is 4.77. The van der Waals surface area contributed by atoms with Crippen molar-refractivity contribution in [2.75, 3.05) is 11.9 Å². The van der Waals surface area contributed by atoms with E-state index in [1.165, 1.54) is 17.7 Å². The first-order chi connectivity index (χ1) is 4.47. The summed E-state index contributed by atoms with van der Waals surface area (Å²) in [6.45, 7) is 1.11. The van der Waals surface area contributed by atoms with Crippen molar-refractivity contribution in [3.8, 4) is 0 Å². The molecule has 0 aromatic heterocycles. The molecular weight excluding hydrogens is 149 g/mol. The van der Waals surface area contributed by atoms with Crippen molar-refractivity contribution in [2.45, 2.75) is 6.42 Å². The van der Waals surface area contributed by atoms with E-state index in [4.69, 9.17) is 0 Å². The second-order valence-electron chi connectivity index (χ2n) is 2.33. The van der Waals surface area contributed by atoms with Crippen LogP contribution in [0.15, 0.2) is 24.3 Å². The van der Waals surface area contributed by atoms with Gasteiger partial charge in [-0.3, -0.25) is 0 Å². The predicted octanol–water partition coefficient (Wildman–Crippen LogP) is -1.52. The van der Waals surface area contributed by atoms with Gasteiger partial charge in [-0.2, -0.15) is 0 Å². The molecule has 0 amide bonds. The Morgan fingerprint density at radius 1 is 1.18 bits per heavy atom. The summed E-state index contributed by atoms with van der Waals surface area (Å²) in [5.41, 5.74) is 2.77. The summed E-state index contributed by atoms with van der Waals surface area (Å²) in [7, 11) is 0. The van der Waals surface area contributed by atoms with Crippen LogP contribution in [0.4, 0.5) is 5.69 Å². The number of hydrogen-bond acceptors (Lipinski definition) is 2. The number of hydrogen-bond donors (Lipinski definition) is 1. The molecule has 54 valence electrons. The molecule has 0 saturated carbocycles. The van der Waals surface area contributed by atoms with E-state index in [1.807, 2.05) is 0 Å². The van der Waals surface area contributed by atoms with Gasteiger partial charge in [-0.15, -0.1) is 0 Å². The normalized spacial score (nSPS) is 12.0. The molecule has 2 rings (SSSR count). The third-order valence-electron chi connectivity index (χ3n) is 1.73. The van der Waals surface area contributed by atoms with Crippen LogP contribution in [0.25, 0.3) is 0 Å². The van der Waals surface area contributed by atoms with E-state index in [9.17, 15) is 0 Å². The molecule has 0 fully saturated rings. The smallest absolute Gasteiger partial charge is 0.870 e. The Hall–Kier alpha value is -0.0200. The monoisotopic (exact) mass is 159 g/mol. The molecule has 2 nitrogen and oxygen atoms in total. The van der Waals surface area contributed by atoms with Crippen LogP contribution in [-0.2, 0) is 6.42 Å². The Morgan fingerprint density at radius 2 is 1.91 bits per heavy atom. The van der Waals surface area contributed by atoms with Crippen LogP contribution in [0, 0.1) is 0 Å². The van der Waals surface area contributed by atoms with Crippen LogP contribution < -0.4 is 34.9 Å². The molecular formula is C8H10NNaO. The second-order valence-corrected chi connectivity index (χ2v) is 2.33. The number of nitrogens with one attached hydrogen (secondary N) is 1. The van der Waals surface area contributed by atoms with Crippen molar-refractivity contribution in [1.29, 1.82) is 0 Å². The van der Waals surface area contributed by atoms with E-state index < -0.39 is 0 Å². The summed E-state index contributed by atoms with van der Waals surface area (Å²) < 4.78 is 0. The predicted molar refractivity (Wildman–Crippen MR) is 40.6 cm³/mol. The summed E-state index contributed by atoms with van der Waals surface area (Å²) in [4.78, 5) is 0. The number of rotatable bonds is 0. The molecule has 0 atom stereocenters. The van der Waals surface area contributed by atoms with E-state index in [2.05, 4.69) is 29.6 Å². The second kappa shape index (κ2) is 4.78. The van der Waals surface area contributed by atoms with E-state index in [0.29, 0.717) is 0 Å². The average Bonchev–Trinajstić information content (AvgIpc) is 2.33. The number of benzene rings is 1. The van der Waals surface area contributed by atoms with Gasteiger partial charge in [0.2, 0.25) is 0 Å². The topological polar surface area (TPSA) is 42.0 Å². The summed E-state index contributed by atoms with van der Waals surface area (Å²) in [5, 5.41) is 3.30. The van der Waals surface area contributed by atoms with Gasteiger partial charge < -0.3 is 10.8 Å². The fourth-order valence-corrected chi connectivity index (χ4v) is 1.24. The average molecular weight is 159 g/mol. The quantitative estimate of drug-likeness (QED) is 0.467. The zero-order valence-corrected chi connectivity index (χ0v) is 8.67. The molecule has 0 unspecified atom stereocenters. The third kappa shape index (κ3) is 2.20. The van der Waals surface area contributed by atoms with Gasteiger partial charge in [-0.25, -0.2) is 0 Å². The van der Waals surface area contributed by atoms with Crippen LogP contribution in [-0.4, -0.2) is 12.0 Å². The SMILES string of the molecule is [Na+].[OH-].c1ccc2c(c1)CCN2. The Labute approximate surface area is 88.6 Å². The van der Waals surface area contributed by atoms with Crippen LogP contribution in [0.2, 0.25) is 0 Å². The molecule has 1 aliphatic heterocycles. The summed E-state index contributed by atoms with van der Waals surface area (Å²) in [6, 6.07) is 8.46. The number of para-hydroxylation sites is 1. The van der Waals surface area contributed by atoms with Gasteiger partial charge in [-0.1, -0.05) is 18.2 Å². The van der Waals surface area contributed by atoms with Crippen molar-refractivity contribution in [3.63, 3.8) is 0 Å². The molecule has 1 heterocycles. The first kappa shape index (κ1) is 11.0. The molecule has 11 heavy (non-hydrogen) atoms. The van der Waals surface area contributed by atoms with Gasteiger partial charge in [-0.05, 0) is 18.1 Å². The zero-order valence-electron chi connectivity index (χ0n) is 6.67. The maximum absolute atomic E-state index is 3.30. The van der Waals surface area contributed by atoms with Gasteiger partial charge in [0.1, 0.15) is 0 Å². The molecule has 1 aromatic rings. The maximum atomic E-state index is 3.30. The molecule has 0 spiro atoms. The summed E-state index contributed by atoms with van der Waals surface area (Å²) in [6.07, 6.45) is 1.19. The van der Waals surface area contributed by atoms with Crippen molar-refractivity contribution in [2.24, 2.45) is 0 Å². The molecule has 2 N–H and O–H groups in total. The van der Waals surface area contributed by atoms with Crippen LogP contribution in [0.3, 0.4) is 0 Å². The molecule has 0 radical (unpaired) electrons. The first-order valence-electron chi connectivity index (χ1n) is 3.28. The third-order valence-corrected chi connectivity index (χ3v) is 1.73. The fourth-order valence-electron chi connectivity index (χ4n) is 1.24. The molecule has 0 bridgehead atoms. The largest absolute Gasteiger partial charge is 1.00 e. The van der Waals surface area contributed by atoms with E-state index in [0.717, 1.165) is 6.54 Å². The molecule has 1 aromatic carbocycles. The van der Waals surface area contributed by atoms with Gasteiger partial charge in [0, 0.05) is 12.2 Å². The zero-order chi connectivity index (χ0) is 6.10. The summed E-state index contributed by atoms with van der Waals surface area (Å²) in [5.74, 6) is 0. The van der Waals surface area contributed by atoms with Crippen molar-refractivity contribution < 1.29 is 35.0 Å². The Morgan fingerprint density at radius 3 is 2.64 bits per heavy atom. The van der Waals surface area contributed by atoms with E-state index in [-0.39, 0.29) is 35.0 Å². The van der Waals surface area contributed by atoms with Crippen molar-refractivity contribution in [3.05, 3.63) is 29.8 Å². The minimum Gasteiger partial charge on any atom is -0.870 e.